The summed E-state index contributed by atoms with van der Waals surface area (Å²) in [6, 6.07) is 4.34. The van der Waals surface area contributed by atoms with Gasteiger partial charge in [-0.05, 0) is 24.1 Å². The number of methoxy groups -OCH3 is 1. The van der Waals surface area contributed by atoms with E-state index in [-0.39, 0.29) is 5.82 Å². The molecular weight excluding hydrogens is 281 g/mol. The third-order valence-corrected chi connectivity index (χ3v) is 3.47. The summed E-state index contributed by atoms with van der Waals surface area (Å²) in [6.07, 6.45) is 1.56. The lowest BCUT2D eigenvalue weighted by Crippen LogP contribution is -2.19. The standard InChI is InChI=1S/C14H17ClFN3O/c1-9-7-10(3-4-12(9)16)13(17)14-11(15)8-18-19(14)5-6-20-2/h3-4,7-8,13H,5-6,17H2,1-2H3. The van der Waals surface area contributed by atoms with E-state index in [0.717, 1.165) is 5.56 Å². The van der Waals surface area contributed by atoms with Gasteiger partial charge in [-0.25, -0.2) is 4.39 Å². The third kappa shape index (κ3) is 3.00. The Bertz CT molecular complexity index is 600. The Morgan fingerprint density at radius 2 is 2.25 bits per heavy atom. The molecule has 0 aliphatic carbocycles. The molecule has 20 heavy (non-hydrogen) atoms. The largest absolute Gasteiger partial charge is 0.383 e. The van der Waals surface area contributed by atoms with Gasteiger partial charge in [0.1, 0.15) is 5.82 Å². The van der Waals surface area contributed by atoms with E-state index in [9.17, 15) is 4.39 Å². The van der Waals surface area contributed by atoms with Crippen molar-refractivity contribution in [3.05, 3.63) is 52.1 Å². The van der Waals surface area contributed by atoms with Crippen LogP contribution in [0.1, 0.15) is 22.9 Å². The average molecular weight is 298 g/mol. The summed E-state index contributed by atoms with van der Waals surface area (Å²) in [5, 5.41) is 4.69. The zero-order valence-corrected chi connectivity index (χ0v) is 12.2. The average Bonchev–Trinajstić information content (AvgIpc) is 2.80. The van der Waals surface area contributed by atoms with E-state index in [0.29, 0.717) is 29.4 Å². The number of hydrogen-bond acceptors (Lipinski definition) is 3. The number of aromatic nitrogens is 2. The number of aryl methyl sites for hydroxylation is 1. The Kier molecular flexibility index (Phi) is 4.75. The van der Waals surface area contributed by atoms with Crippen LogP contribution in [0, 0.1) is 12.7 Å². The number of ether oxygens (including phenoxy) is 1. The van der Waals surface area contributed by atoms with Gasteiger partial charge in [0.05, 0.1) is 36.1 Å². The molecule has 1 heterocycles. The molecule has 0 saturated carbocycles. The molecule has 1 aromatic carbocycles. The highest BCUT2D eigenvalue weighted by atomic mass is 35.5. The van der Waals surface area contributed by atoms with Crippen molar-refractivity contribution < 1.29 is 9.13 Å². The first-order valence-corrected chi connectivity index (χ1v) is 6.64. The highest BCUT2D eigenvalue weighted by molar-refractivity contribution is 6.31. The zero-order chi connectivity index (χ0) is 14.7. The molecule has 0 aliphatic heterocycles. The molecule has 108 valence electrons. The number of rotatable bonds is 5. The van der Waals surface area contributed by atoms with Crippen LogP contribution in [0.3, 0.4) is 0 Å². The molecular formula is C14H17ClFN3O. The van der Waals surface area contributed by atoms with E-state index in [4.69, 9.17) is 22.1 Å². The Labute approximate surface area is 122 Å². The van der Waals surface area contributed by atoms with E-state index >= 15 is 0 Å². The molecule has 6 heteroatoms. The van der Waals surface area contributed by atoms with Crippen molar-refractivity contribution in [1.82, 2.24) is 9.78 Å². The van der Waals surface area contributed by atoms with Gasteiger partial charge in [-0.1, -0.05) is 23.7 Å². The highest BCUT2D eigenvalue weighted by Crippen LogP contribution is 2.27. The number of benzene rings is 1. The molecule has 0 radical (unpaired) electrons. The van der Waals surface area contributed by atoms with Gasteiger partial charge >= 0.3 is 0 Å². The van der Waals surface area contributed by atoms with Crippen LogP contribution >= 0.6 is 11.6 Å². The predicted molar refractivity (Wildman–Crippen MR) is 76.3 cm³/mol. The second kappa shape index (κ2) is 6.35. The first-order valence-electron chi connectivity index (χ1n) is 6.26. The van der Waals surface area contributed by atoms with Crippen LogP contribution in [0.15, 0.2) is 24.4 Å². The fourth-order valence-electron chi connectivity index (χ4n) is 2.06. The molecule has 1 unspecified atom stereocenters. The van der Waals surface area contributed by atoms with Gasteiger partial charge in [-0.3, -0.25) is 4.68 Å². The molecule has 0 spiro atoms. The van der Waals surface area contributed by atoms with Crippen LogP contribution in [0.2, 0.25) is 5.02 Å². The molecule has 2 N–H and O–H groups in total. The number of nitrogens with zero attached hydrogens (tertiary/aromatic N) is 2. The van der Waals surface area contributed by atoms with Gasteiger partial charge in [0.15, 0.2) is 0 Å². The first kappa shape index (κ1) is 15.0. The fourth-order valence-corrected chi connectivity index (χ4v) is 2.32. The Morgan fingerprint density at radius 3 is 2.90 bits per heavy atom. The summed E-state index contributed by atoms with van der Waals surface area (Å²) in [5.41, 5.74) is 8.30. The van der Waals surface area contributed by atoms with Crippen molar-refractivity contribution in [2.75, 3.05) is 13.7 Å². The molecule has 4 nitrogen and oxygen atoms in total. The van der Waals surface area contributed by atoms with E-state index in [1.54, 1.807) is 37.0 Å². The minimum Gasteiger partial charge on any atom is -0.383 e. The Hall–Kier alpha value is -1.43. The molecule has 1 aromatic heterocycles. The highest BCUT2D eigenvalue weighted by Gasteiger charge is 2.19. The number of hydrogen-bond donors (Lipinski definition) is 1. The van der Waals surface area contributed by atoms with Crippen LogP contribution < -0.4 is 5.73 Å². The maximum Gasteiger partial charge on any atom is 0.126 e. The summed E-state index contributed by atoms with van der Waals surface area (Å²) in [6.45, 7) is 2.78. The molecule has 0 bridgehead atoms. The maximum atomic E-state index is 13.3. The molecule has 2 aromatic rings. The normalized spacial score (nSPS) is 12.7. The van der Waals surface area contributed by atoms with Crippen LogP contribution in [-0.2, 0) is 11.3 Å². The molecule has 0 saturated heterocycles. The van der Waals surface area contributed by atoms with Crippen LogP contribution in [0.25, 0.3) is 0 Å². The maximum absolute atomic E-state index is 13.3. The second-order valence-corrected chi connectivity index (χ2v) is 4.99. The van der Waals surface area contributed by atoms with Crippen molar-refractivity contribution in [1.29, 1.82) is 0 Å². The van der Waals surface area contributed by atoms with E-state index in [1.807, 2.05) is 0 Å². The van der Waals surface area contributed by atoms with Gasteiger partial charge in [0.25, 0.3) is 0 Å². The van der Waals surface area contributed by atoms with Gasteiger partial charge in [0.2, 0.25) is 0 Å². The van der Waals surface area contributed by atoms with Gasteiger partial charge in [-0.15, -0.1) is 0 Å². The summed E-state index contributed by atoms with van der Waals surface area (Å²) in [7, 11) is 1.62. The van der Waals surface area contributed by atoms with Crippen molar-refractivity contribution >= 4 is 11.6 Å². The smallest absolute Gasteiger partial charge is 0.126 e. The Balaban J connectivity index is 2.34. The van der Waals surface area contributed by atoms with Gasteiger partial charge in [-0.2, -0.15) is 5.10 Å². The van der Waals surface area contributed by atoms with Gasteiger partial charge < -0.3 is 10.5 Å². The van der Waals surface area contributed by atoms with Crippen molar-refractivity contribution in [3.63, 3.8) is 0 Å². The molecule has 0 fully saturated rings. The number of halogens is 2. The van der Waals surface area contributed by atoms with Gasteiger partial charge in [0, 0.05) is 7.11 Å². The summed E-state index contributed by atoms with van der Waals surface area (Å²) >= 11 is 6.16. The van der Waals surface area contributed by atoms with Crippen molar-refractivity contribution in [2.24, 2.45) is 5.73 Å². The van der Waals surface area contributed by atoms with E-state index in [1.165, 1.54) is 6.07 Å². The predicted octanol–water partition coefficient (Wildman–Crippen LogP) is 2.68. The van der Waals surface area contributed by atoms with E-state index in [2.05, 4.69) is 5.10 Å². The molecule has 0 aliphatic rings. The zero-order valence-electron chi connectivity index (χ0n) is 11.4. The lowest BCUT2D eigenvalue weighted by atomic mass is 10.0. The van der Waals surface area contributed by atoms with Crippen molar-refractivity contribution in [3.8, 4) is 0 Å². The Morgan fingerprint density at radius 1 is 1.50 bits per heavy atom. The van der Waals surface area contributed by atoms with E-state index < -0.39 is 6.04 Å². The molecule has 0 amide bonds. The fraction of sp³-hybridized carbons (Fsp3) is 0.357. The lowest BCUT2D eigenvalue weighted by molar-refractivity contribution is 0.182. The SMILES string of the molecule is COCCn1ncc(Cl)c1C(N)c1ccc(F)c(C)c1. The summed E-state index contributed by atoms with van der Waals surface area (Å²) < 4.78 is 20.1. The lowest BCUT2D eigenvalue weighted by Gasteiger charge is -2.16. The van der Waals surface area contributed by atoms with Crippen LogP contribution in [0.4, 0.5) is 4.39 Å². The van der Waals surface area contributed by atoms with Crippen molar-refractivity contribution in [2.45, 2.75) is 19.5 Å². The number of nitrogens with two attached hydrogens (primary N) is 1. The topological polar surface area (TPSA) is 53.1 Å². The third-order valence-electron chi connectivity index (χ3n) is 3.18. The minimum absolute atomic E-state index is 0.250. The van der Waals surface area contributed by atoms with Crippen LogP contribution in [-0.4, -0.2) is 23.5 Å². The summed E-state index contributed by atoms with van der Waals surface area (Å²) in [4.78, 5) is 0. The second-order valence-electron chi connectivity index (χ2n) is 4.58. The quantitative estimate of drug-likeness (QED) is 0.923. The van der Waals surface area contributed by atoms with Crippen LogP contribution in [0.5, 0.6) is 0 Å². The minimum atomic E-state index is -0.457. The first-order chi connectivity index (χ1) is 9.54. The molecule has 2 rings (SSSR count). The monoisotopic (exact) mass is 297 g/mol. The summed E-state index contributed by atoms with van der Waals surface area (Å²) in [5.74, 6) is -0.250. The molecule has 1 atom stereocenters.